The SMILES string of the molecule is CC1(CNc2ccc(OC(F)F)cn2)CCCNC1. The molecule has 4 nitrogen and oxygen atoms in total. The Morgan fingerprint density at radius 3 is 2.95 bits per heavy atom. The maximum absolute atomic E-state index is 12.0. The molecule has 1 atom stereocenters. The first-order valence-electron chi connectivity index (χ1n) is 6.43. The zero-order chi connectivity index (χ0) is 13.7. The molecule has 2 N–H and O–H groups in total. The zero-order valence-electron chi connectivity index (χ0n) is 11.0. The Balaban J connectivity index is 1.85. The molecule has 1 aromatic heterocycles. The molecule has 0 bridgehead atoms. The van der Waals surface area contributed by atoms with Crippen LogP contribution in [0.5, 0.6) is 5.75 Å². The molecule has 1 aromatic rings. The number of anilines is 1. The minimum atomic E-state index is -2.81. The fourth-order valence-corrected chi connectivity index (χ4v) is 2.23. The molecule has 1 aliphatic rings. The van der Waals surface area contributed by atoms with Gasteiger partial charge in [-0.05, 0) is 36.9 Å². The highest BCUT2D eigenvalue weighted by atomic mass is 19.3. The van der Waals surface area contributed by atoms with Crippen LogP contribution in [0.15, 0.2) is 18.3 Å². The summed E-state index contributed by atoms with van der Waals surface area (Å²) in [5, 5.41) is 6.62. The summed E-state index contributed by atoms with van der Waals surface area (Å²) in [6.07, 6.45) is 3.64. The number of nitrogens with zero attached hydrogens (tertiary/aromatic N) is 1. The molecule has 0 aromatic carbocycles. The van der Waals surface area contributed by atoms with Gasteiger partial charge in [0.1, 0.15) is 11.6 Å². The average molecular weight is 271 g/mol. The van der Waals surface area contributed by atoms with Crippen molar-refractivity contribution in [3.63, 3.8) is 0 Å². The lowest BCUT2D eigenvalue weighted by atomic mass is 9.83. The summed E-state index contributed by atoms with van der Waals surface area (Å²) in [4.78, 5) is 4.06. The van der Waals surface area contributed by atoms with Gasteiger partial charge in [0, 0.05) is 13.1 Å². The van der Waals surface area contributed by atoms with E-state index < -0.39 is 6.61 Å². The van der Waals surface area contributed by atoms with Crippen LogP contribution in [-0.4, -0.2) is 31.2 Å². The molecule has 1 aliphatic heterocycles. The largest absolute Gasteiger partial charge is 0.433 e. The van der Waals surface area contributed by atoms with E-state index in [1.807, 2.05) is 0 Å². The highest BCUT2D eigenvalue weighted by Crippen LogP contribution is 2.25. The van der Waals surface area contributed by atoms with Crippen LogP contribution in [-0.2, 0) is 0 Å². The van der Waals surface area contributed by atoms with Crippen LogP contribution in [0.1, 0.15) is 19.8 Å². The number of rotatable bonds is 5. The van der Waals surface area contributed by atoms with E-state index in [1.165, 1.54) is 25.1 Å². The second-order valence-corrected chi connectivity index (χ2v) is 5.20. The molecule has 0 radical (unpaired) electrons. The quantitative estimate of drug-likeness (QED) is 0.863. The van der Waals surface area contributed by atoms with Gasteiger partial charge in [-0.2, -0.15) is 8.78 Å². The molecule has 0 saturated carbocycles. The number of aromatic nitrogens is 1. The molecular formula is C13H19F2N3O. The lowest BCUT2D eigenvalue weighted by Gasteiger charge is -2.34. The first kappa shape index (κ1) is 14.0. The molecule has 1 fully saturated rings. The Hall–Kier alpha value is -1.43. The number of piperidine rings is 1. The van der Waals surface area contributed by atoms with E-state index >= 15 is 0 Å². The van der Waals surface area contributed by atoms with Gasteiger partial charge < -0.3 is 15.4 Å². The van der Waals surface area contributed by atoms with E-state index in [-0.39, 0.29) is 11.2 Å². The monoisotopic (exact) mass is 271 g/mol. The summed E-state index contributed by atoms with van der Waals surface area (Å²) >= 11 is 0. The Labute approximate surface area is 111 Å². The van der Waals surface area contributed by atoms with Crippen LogP contribution < -0.4 is 15.4 Å². The minimum Gasteiger partial charge on any atom is -0.433 e. The Kier molecular flexibility index (Phi) is 4.52. The van der Waals surface area contributed by atoms with E-state index in [2.05, 4.69) is 27.3 Å². The van der Waals surface area contributed by atoms with E-state index in [0.29, 0.717) is 5.82 Å². The number of alkyl halides is 2. The second-order valence-electron chi connectivity index (χ2n) is 5.20. The standard InChI is InChI=1S/C13H19F2N3O/c1-13(5-2-6-16-8-13)9-18-11-4-3-10(7-17-11)19-12(14)15/h3-4,7,12,16H,2,5-6,8-9H2,1H3,(H,17,18). The van der Waals surface area contributed by atoms with Crippen LogP contribution in [0.4, 0.5) is 14.6 Å². The molecule has 1 saturated heterocycles. The summed E-state index contributed by atoms with van der Waals surface area (Å²) in [5.41, 5.74) is 0.206. The van der Waals surface area contributed by atoms with Crippen molar-refractivity contribution in [2.45, 2.75) is 26.4 Å². The van der Waals surface area contributed by atoms with Crippen LogP contribution >= 0.6 is 0 Å². The lowest BCUT2D eigenvalue weighted by molar-refractivity contribution is -0.0500. The van der Waals surface area contributed by atoms with Crippen molar-refractivity contribution in [2.24, 2.45) is 5.41 Å². The van der Waals surface area contributed by atoms with Crippen LogP contribution in [0.2, 0.25) is 0 Å². The maximum atomic E-state index is 12.0. The third kappa shape index (κ3) is 4.31. The first-order valence-corrected chi connectivity index (χ1v) is 6.43. The molecular weight excluding hydrogens is 252 g/mol. The van der Waals surface area contributed by atoms with Crippen molar-refractivity contribution >= 4 is 5.82 Å². The molecule has 2 heterocycles. The molecule has 1 unspecified atom stereocenters. The van der Waals surface area contributed by atoms with Crippen molar-refractivity contribution < 1.29 is 13.5 Å². The molecule has 19 heavy (non-hydrogen) atoms. The van der Waals surface area contributed by atoms with Gasteiger partial charge in [-0.3, -0.25) is 0 Å². The third-order valence-corrected chi connectivity index (χ3v) is 3.34. The van der Waals surface area contributed by atoms with Crippen LogP contribution in [0.25, 0.3) is 0 Å². The van der Waals surface area contributed by atoms with Gasteiger partial charge in [0.15, 0.2) is 0 Å². The average Bonchev–Trinajstić information content (AvgIpc) is 2.38. The number of hydrogen-bond donors (Lipinski definition) is 2. The number of halogens is 2. The van der Waals surface area contributed by atoms with E-state index in [0.717, 1.165) is 19.6 Å². The number of nitrogens with one attached hydrogen (secondary N) is 2. The molecule has 2 rings (SSSR count). The summed E-state index contributed by atoms with van der Waals surface area (Å²) < 4.78 is 28.2. The van der Waals surface area contributed by atoms with Gasteiger partial charge in [0.05, 0.1) is 6.20 Å². The summed E-state index contributed by atoms with van der Waals surface area (Å²) in [6.45, 7) is 2.27. The smallest absolute Gasteiger partial charge is 0.387 e. The Morgan fingerprint density at radius 1 is 1.53 bits per heavy atom. The predicted octanol–water partition coefficient (Wildman–Crippen LogP) is 2.48. The molecule has 6 heteroatoms. The Morgan fingerprint density at radius 2 is 2.37 bits per heavy atom. The zero-order valence-corrected chi connectivity index (χ0v) is 11.0. The summed E-state index contributed by atoms with van der Waals surface area (Å²) in [6, 6.07) is 3.14. The molecule has 0 amide bonds. The van der Waals surface area contributed by atoms with Gasteiger partial charge in [0.2, 0.25) is 0 Å². The van der Waals surface area contributed by atoms with Crippen molar-refractivity contribution in [3.05, 3.63) is 18.3 Å². The van der Waals surface area contributed by atoms with Crippen molar-refractivity contribution in [1.29, 1.82) is 0 Å². The van der Waals surface area contributed by atoms with Crippen LogP contribution in [0.3, 0.4) is 0 Å². The van der Waals surface area contributed by atoms with Gasteiger partial charge in [-0.25, -0.2) is 4.98 Å². The number of ether oxygens (including phenoxy) is 1. The highest BCUT2D eigenvalue weighted by molar-refractivity contribution is 5.37. The van der Waals surface area contributed by atoms with E-state index in [9.17, 15) is 8.78 Å². The van der Waals surface area contributed by atoms with Crippen LogP contribution in [0, 0.1) is 5.41 Å². The van der Waals surface area contributed by atoms with Gasteiger partial charge in [0.25, 0.3) is 0 Å². The first-order chi connectivity index (χ1) is 9.07. The minimum absolute atomic E-state index is 0.0751. The molecule has 106 valence electrons. The second kappa shape index (κ2) is 6.14. The lowest BCUT2D eigenvalue weighted by Crippen LogP contribution is -2.42. The topological polar surface area (TPSA) is 46.2 Å². The predicted molar refractivity (Wildman–Crippen MR) is 69.6 cm³/mol. The van der Waals surface area contributed by atoms with E-state index in [1.54, 1.807) is 6.07 Å². The van der Waals surface area contributed by atoms with Crippen molar-refractivity contribution in [3.8, 4) is 5.75 Å². The third-order valence-electron chi connectivity index (χ3n) is 3.34. The van der Waals surface area contributed by atoms with Gasteiger partial charge >= 0.3 is 6.61 Å². The number of hydrogen-bond acceptors (Lipinski definition) is 4. The van der Waals surface area contributed by atoms with Crippen molar-refractivity contribution in [2.75, 3.05) is 25.0 Å². The highest BCUT2D eigenvalue weighted by Gasteiger charge is 2.26. The van der Waals surface area contributed by atoms with Gasteiger partial charge in [-0.15, -0.1) is 0 Å². The van der Waals surface area contributed by atoms with E-state index in [4.69, 9.17) is 0 Å². The summed E-state index contributed by atoms with van der Waals surface area (Å²) in [7, 11) is 0. The van der Waals surface area contributed by atoms with Crippen molar-refractivity contribution in [1.82, 2.24) is 10.3 Å². The fraction of sp³-hybridized carbons (Fsp3) is 0.615. The Bertz CT molecular complexity index is 391. The maximum Gasteiger partial charge on any atom is 0.387 e. The number of pyridine rings is 1. The molecule has 0 aliphatic carbocycles. The molecule has 0 spiro atoms. The normalized spacial score (nSPS) is 23.4. The summed E-state index contributed by atoms with van der Waals surface area (Å²) in [5.74, 6) is 0.750. The van der Waals surface area contributed by atoms with Gasteiger partial charge in [-0.1, -0.05) is 6.92 Å². The fourth-order valence-electron chi connectivity index (χ4n) is 2.23.